The summed E-state index contributed by atoms with van der Waals surface area (Å²) in [4.78, 5) is 29.1. The fourth-order valence-corrected chi connectivity index (χ4v) is 4.85. The molecule has 0 aliphatic heterocycles. The average Bonchev–Trinajstić information content (AvgIpc) is 3.02. The Morgan fingerprint density at radius 3 is 3.04 bits per heavy atom. The molecule has 7 heteroatoms. The number of thiophene rings is 1. The Labute approximate surface area is 149 Å². The third-order valence-corrected chi connectivity index (χ3v) is 6.95. The van der Waals surface area contributed by atoms with Crippen molar-refractivity contribution < 1.29 is 4.79 Å². The SMILES string of the molecule is CC1CCCC(NC(=O)CSc2nc3ccsc3c(=O)n2C)C1C. The van der Waals surface area contributed by atoms with Gasteiger partial charge in [0, 0.05) is 13.1 Å². The monoisotopic (exact) mass is 365 g/mol. The molecule has 0 radical (unpaired) electrons. The molecule has 3 unspecified atom stereocenters. The highest BCUT2D eigenvalue weighted by Crippen LogP contribution is 2.29. The molecule has 0 saturated heterocycles. The minimum Gasteiger partial charge on any atom is -0.352 e. The number of hydrogen-bond acceptors (Lipinski definition) is 5. The summed E-state index contributed by atoms with van der Waals surface area (Å²) >= 11 is 2.72. The van der Waals surface area contributed by atoms with Crippen LogP contribution in [0.1, 0.15) is 33.1 Å². The Morgan fingerprint density at radius 2 is 2.25 bits per heavy atom. The molecule has 130 valence electrons. The Kier molecular flexibility index (Phi) is 5.30. The molecule has 3 atom stereocenters. The lowest BCUT2D eigenvalue weighted by molar-refractivity contribution is -0.120. The molecule has 24 heavy (non-hydrogen) atoms. The van der Waals surface area contributed by atoms with E-state index in [0.717, 1.165) is 6.42 Å². The van der Waals surface area contributed by atoms with E-state index >= 15 is 0 Å². The topological polar surface area (TPSA) is 64.0 Å². The van der Waals surface area contributed by atoms with Crippen LogP contribution in [0, 0.1) is 11.8 Å². The van der Waals surface area contributed by atoms with Gasteiger partial charge >= 0.3 is 0 Å². The van der Waals surface area contributed by atoms with Gasteiger partial charge in [0.05, 0.1) is 11.3 Å². The minimum absolute atomic E-state index is 0.0191. The lowest BCUT2D eigenvalue weighted by Crippen LogP contribution is -2.44. The van der Waals surface area contributed by atoms with E-state index in [9.17, 15) is 9.59 Å². The van der Waals surface area contributed by atoms with Crippen LogP contribution in [0.2, 0.25) is 0 Å². The highest BCUT2D eigenvalue weighted by molar-refractivity contribution is 7.99. The third kappa shape index (κ3) is 3.52. The number of rotatable bonds is 4. The molecular weight excluding hydrogens is 342 g/mol. The van der Waals surface area contributed by atoms with Crippen molar-refractivity contribution in [3.63, 3.8) is 0 Å². The second-order valence-corrected chi connectivity index (χ2v) is 8.48. The van der Waals surface area contributed by atoms with E-state index in [1.54, 1.807) is 7.05 Å². The van der Waals surface area contributed by atoms with Crippen molar-refractivity contribution in [3.05, 3.63) is 21.8 Å². The molecule has 0 spiro atoms. The molecule has 1 aliphatic rings. The number of fused-ring (bicyclic) bond motifs is 1. The first-order valence-corrected chi connectivity index (χ1v) is 10.2. The summed E-state index contributed by atoms with van der Waals surface area (Å²) in [7, 11) is 1.71. The Bertz CT molecular complexity index is 799. The normalized spacial score (nSPS) is 24.2. The maximum absolute atomic E-state index is 12.3. The van der Waals surface area contributed by atoms with Gasteiger partial charge < -0.3 is 5.32 Å². The minimum atomic E-state index is -0.0485. The van der Waals surface area contributed by atoms with Crippen LogP contribution in [-0.4, -0.2) is 27.3 Å². The molecule has 2 aromatic rings. The number of carbonyl (C=O) groups excluding carboxylic acids is 1. The molecule has 1 saturated carbocycles. The van der Waals surface area contributed by atoms with Gasteiger partial charge in [-0.2, -0.15) is 0 Å². The standard InChI is InChI=1S/C17H23N3O2S2/c1-10-5-4-6-12(11(10)2)18-14(21)9-24-17-19-13-7-8-23-15(13)16(22)20(17)3/h7-8,10-12H,4-6,9H2,1-3H3,(H,18,21). The highest BCUT2D eigenvalue weighted by atomic mass is 32.2. The number of hydrogen-bond donors (Lipinski definition) is 1. The lowest BCUT2D eigenvalue weighted by Gasteiger charge is -2.34. The van der Waals surface area contributed by atoms with Crippen LogP contribution >= 0.6 is 23.1 Å². The summed E-state index contributed by atoms with van der Waals surface area (Å²) in [5, 5.41) is 5.62. The van der Waals surface area contributed by atoms with Crippen LogP contribution in [0.4, 0.5) is 0 Å². The second kappa shape index (κ2) is 7.27. The predicted octanol–water partition coefficient (Wildman–Crippen LogP) is 3.03. The van der Waals surface area contributed by atoms with Crippen LogP contribution in [0.15, 0.2) is 21.4 Å². The van der Waals surface area contributed by atoms with Crippen molar-refractivity contribution in [3.8, 4) is 0 Å². The molecule has 1 amide bonds. The van der Waals surface area contributed by atoms with Gasteiger partial charge in [-0.05, 0) is 29.7 Å². The van der Waals surface area contributed by atoms with Crippen molar-refractivity contribution in [1.82, 2.24) is 14.9 Å². The summed E-state index contributed by atoms with van der Waals surface area (Å²) in [6.45, 7) is 4.48. The summed E-state index contributed by atoms with van der Waals surface area (Å²) in [6.07, 6.45) is 3.48. The third-order valence-electron chi connectivity index (χ3n) is 5.03. The lowest BCUT2D eigenvalue weighted by atomic mass is 9.78. The highest BCUT2D eigenvalue weighted by Gasteiger charge is 2.28. The van der Waals surface area contributed by atoms with E-state index < -0.39 is 0 Å². The van der Waals surface area contributed by atoms with Crippen LogP contribution in [-0.2, 0) is 11.8 Å². The van der Waals surface area contributed by atoms with Crippen LogP contribution < -0.4 is 10.9 Å². The Morgan fingerprint density at radius 1 is 1.46 bits per heavy atom. The van der Waals surface area contributed by atoms with Crippen molar-refractivity contribution in [2.75, 3.05) is 5.75 Å². The zero-order valence-corrected chi connectivity index (χ0v) is 15.9. The molecule has 2 aromatic heterocycles. The second-order valence-electron chi connectivity index (χ2n) is 6.62. The van der Waals surface area contributed by atoms with E-state index in [1.165, 1.54) is 40.5 Å². The summed E-state index contributed by atoms with van der Waals surface area (Å²) in [6, 6.07) is 2.11. The fraction of sp³-hybridized carbons (Fsp3) is 0.588. The van der Waals surface area contributed by atoms with Crippen LogP contribution in [0.5, 0.6) is 0 Å². The molecule has 1 N–H and O–H groups in total. The number of aromatic nitrogens is 2. The van der Waals surface area contributed by atoms with Gasteiger partial charge in [0.2, 0.25) is 5.91 Å². The van der Waals surface area contributed by atoms with Crippen molar-refractivity contribution in [2.24, 2.45) is 18.9 Å². The van der Waals surface area contributed by atoms with Crippen LogP contribution in [0.3, 0.4) is 0 Å². The molecular formula is C17H23N3O2S2. The van der Waals surface area contributed by atoms with Gasteiger partial charge in [0.15, 0.2) is 5.16 Å². The Hall–Kier alpha value is -1.34. The first-order valence-electron chi connectivity index (χ1n) is 8.33. The summed E-state index contributed by atoms with van der Waals surface area (Å²) in [5.41, 5.74) is 0.661. The quantitative estimate of drug-likeness (QED) is 0.668. The number of nitrogens with zero attached hydrogens (tertiary/aromatic N) is 2. The number of nitrogens with one attached hydrogen (secondary N) is 1. The van der Waals surface area contributed by atoms with E-state index in [2.05, 4.69) is 24.1 Å². The predicted molar refractivity (Wildman–Crippen MR) is 99.7 cm³/mol. The number of carbonyl (C=O) groups is 1. The molecule has 1 aliphatic carbocycles. The summed E-state index contributed by atoms with van der Waals surface area (Å²) in [5.74, 6) is 1.47. The molecule has 5 nitrogen and oxygen atoms in total. The zero-order valence-electron chi connectivity index (χ0n) is 14.2. The Balaban J connectivity index is 1.64. The van der Waals surface area contributed by atoms with E-state index in [0.29, 0.717) is 27.2 Å². The number of amides is 1. The first kappa shape index (κ1) is 17.5. The largest absolute Gasteiger partial charge is 0.352 e. The van der Waals surface area contributed by atoms with Gasteiger partial charge in [-0.1, -0.05) is 38.5 Å². The van der Waals surface area contributed by atoms with Gasteiger partial charge in [-0.15, -0.1) is 11.3 Å². The molecule has 0 aromatic carbocycles. The summed E-state index contributed by atoms with van der Waals surface area (Å²) < 4.78 is 2.19. The van der Waals surface area contributed by atoms with E-state index in [-0.39, 0.29) is 23.3 Å². The van der Waals surface area contributed by atoms with Gasteiger partial charge in [0.1, 0.15) is 4.70 Å². The van der Waals surface area contributed by atoms with E-state index in [1.807, 2.05) is 11.4 Å². The molecule has 1 fully saturated rings. The van der Waals surface area contributed by atoms with Crippen molar-refractivity contribution >= 4 is 39.2 Å². The van der Waals surface area contributed by atoms with Gasteiger partial charge in [0.25, 0.3) is 5.56 Å². The fourth-order valence-electron chi connectivity index (χ4n) is 3.26. The van der Waals surface area contributed by atoms with Crippen LogP contribution in [0.25, 0.3) is 10.2 Å². The number of thioether (sulfide) groups is 1. The smallest absolute Gasteiger partial charge is 0.271 e. The molecule has 3 rings (SSSR count). The molecule has 2 heterocycles. The maximum Gasteiger partial charge on any atom is 0.271 e. The van der Waals surface area contributed by atoms with Crippen molar-refractivity contribution in [2.45, 2.75) is 44.3 Å². The first-order chi connectivity index (χ1) is 11.5. The van der Waals surface area contributed by atoms with Gasteiger partial charge in [-0.25, -0.2) is 4.98 Å². The molecule has 0 bridgehead atoms. The van der Waals surface area contributed by atoms with Crippen molar-refractivity contribution in [1.29, 1.82) is 0 Å². The zero-order chi connectivity index (χ0) is 17.3. The van der Waals surface area contributed by atoms with E-state index in [4.69, 9.17) is 0 Å². The average molecular weight is 366 g/mol. The maximum atomic E-state index is 12.3. The van der Waals surface area contributed by atoms with Gasteiger partial charge in [-0.3, -0.25) is 14.2 Å².